The van der Waals surface area contributed by atoms with Crippen LogP contribution in [-0.4, -0.2) is 29.1 Å². The van der Waals surface area contributed by atoms with Gasteiger partial charge in [-0.2, -0.15) is 4.98 Å². The summed E-state index contributed by atoms with van der Waals surface area (Å²) in [7, 11) is 1.34. The van der Waals surface area contributed by atoms with Crippen LogP contribution in [0.1, 0.15) is 112 Å². The molecule has 0 aliphatic heterocycles. The molecule has 1 atom stereocenters. The number of esters is 1. The van der Waals surface area contributed by atoms with Crippen LogP contribution in [0.3, 0.4) is 0 Å². The molecule has 0 spiro atoms. The van der Waals surface area contributed by atoms with Crippen LogP contribution in [0.15, 0.2) is 10.6 Å². The van der Waals surface area contributed by atoms with Crippen LogP contribution in [0.4, 0.5) is 5.69 Å². The number of anilines is 1. The monoisotopic (exact) mass is 499 g/mol. The Morgan fingerprint density at radius 1 is 1.20 bits per heavy atom. The molecular weight excluding hydrogens is 462 g/mol. The van der Waals surface area contributed by atoms with Gasteiger partial charge in [-0.25, -0.2) is 4.79 Å². The van der Waals surface area contributed by atoms with Crippen LogP contribution >= 0.6 is 11.3 Å². The van der Waals surface area contributed by atoms with E-state index in [1.807, 2.05) is 47.6 Å². The third-order valence-electron chi connectivity index (χ3n) is 6.22. The van der Waals surface area contributed by atoms with Crippen molar-refractivity contribution in [2.75, 3.05) is 12.0 Å². The molecule has 1 amide bonds. The molecule has 0 bridgehead atoms. The van der Waals surface area contributed by atoms with Gasteiger partial charge in [0.25, 0.3) is 0 Å². The molecule has 2 heterocycles. The molecule has 0 N–H and O–H groups in total. The van der Waals surface area contributed by atoms with Crippen LogP contribution < -0.4 is 4.90 Å². The van der Waals surface area contributed by atoms with Crippen molar-refractivity contribution in [3.8, 4) is 11.8 Å². The first-order chi connectivity index (χ1) is 16.4. The minimum Gasteiger partial charge on any atom is -0.465 e. The highest BCUT2D eigenvalue weighted by molar-refractivity contribution is 7.15. The van der Waals surface area contributed by atoms with Gasteiger partial charge in [0.1, 0.15) is 10.9 Å². The minimum absolute atomic E-state index is 0.0352. The number of amides is 1. The standard InChI is InChI=1S/C27H37N3O4S/c1-16(2)23-28-24(34-29-23)18(4)30(25(31)19-11-9-17(3)10-12-19)21-15-20(13-14-27(5,6)7)35-22(21)26(32)33-8/h15-19H,9-12H2,1-8H3. The number of hydrogen-bond donors (Lipinski definition) is 0. The fourth-order valence-electron chi connectivity index (χ4n) is 4.09. The second-order valence-corrected chi connectivity index (χ2v) is 11.9. The van der Waals surface area contributed by atoms with E-state index in [9.17, 15) is 9.59 Å². The molecule has 35 heavy (non-hydrogen) atoms. The van der Waals surface area contributed by atoms with E-state index in [4.69, 9.17) is 9.26 Å². The van der Waals surface area contributed by atoms with E-state index in [1.54, 1.807) is 4.90 Å². The lowest BCUT2D eigenvalue weighted by molar-refractivity contribution is -0.124. The summed E-state index contributed by atoms with van der Waals surface area (Å²) in [5.41, 5.74) is 0.286. The zero-order chi connectivity index (χ0) is 25.9. The van der Waals surface area contributed by atoms with Crippen molar-refractivity contribution in [1.82, 2.24) is 10.1 Å². The maximum absolute atomic E-state index is 14.0. The molecule has 1 aliphatic rings. The van der Waals surface area contributed by atoms with Gasteiger partial charge in [0.05, 0.1) is 17.7 Å². The molecule has 3 rings (SSSR count). The molecule has 8 heteroatoms. The number of thiophene rings is 1. The second kappa shape index (κ2) is 10.9. The fraction of sp³-hybridized carbons (Fsp3) is 0.630. The molecule has 1 fully saturated rings. The summed E-state index contributed by atoms with van der Waals surface area (Å²) in [5, 5.41) is 4.09. The number of nitrogens with zero attached hydrogens (tertiary/aromatic N) is 3. The van der Waals surface area contributed by atoms with E-state index in [0.29, 0.717) is 33.1 Å². The Morgan fingerprint density at radius 2 is 1.86 bits per heavy atom. The van der Waals surface area contributed by atoms with Gasteiger partial charge in [-0.3, -0.25) is 9.69 Å². The maximum atomic E-state index is 14.0. The SMILES string of the molecule is COC(=O)c1sc(C#CC(C)(C)C)cc1N(C(=O)C1CCC(C)CC1)C(C)c1nc(C(C)C)no1. The predicted octanol–water partition coefficient (Wildman–Crippen LogP) is 6.36. The van der Waals surface area contributed by atoms with Crippen molar-refractivity contribution in [3.63, 3.8) is 0 Å². The highest BCUT2D eigenvalue weighted by Crippen LogP contribution is 2.39. The number of carbonyl (C=O) groups is 2. The molecule has 1 aliphatic carbocycles. The third kappa shape index (κ3) is 6.52. The topological polar surface area (TPSA) is 85.5 Å². The van der Waals surface area contributed by atoms with Crippen LogP contribution in [-0.2, 0) is 9.53 Å². The lowest BCUT2D eigenvalue weighted by atomic mass is 9.82. The number of hydrogen-bond acceptors (Lipinski definition) is 7. The quantitative estimate of drug-likeness (QED) is 0.340. The number of carbonyl (C=O) groups excluding carboxylic acids is 2. The Labute approximate surface area is 212 Å². The van der Waals surface area contributed by atoms with Crippen molar-refractivity contribution >= 4 is 28.9 Å². The lowest BCUT2D eigenvalue weighted by Gasteiger charge is -2.33. The summed E-state index contributed by atoms with van der Waals surface area (Å²) in [6.07, 6.45) is 3.65. The average Bonchev–Trinajstić information content (AvgIpc) is 3.45. The Kier molecular flexibility index (Phi) is 8.42. The molecule has 1 saturated carbocycles. The summed E-state index contributed by atoms with van der Waals surface area (Å²) in [4.78, 5) is 34.1. The second-order valence-electron chi connectivity index (χ2n) is 10.8. The largest absolute Gasteiger partial charge is 0.465 e. The van der Waals surface area contributed by atoms with E-state index in [-0.39, 0.29) is 23.2 Å². The highest BCUT2D eigenvalue weighted by atomic mass is 32.1. The Hall–Kier alpha value is -2.66. The van der Waals surface area contributed by atoms with Gasteiger partial charge in [-0.15, -0.1) is 11.3 Å². The van der Waals surface area contributed by atoms with Crippen LogP contribution in [0, 0.1) is 29.1 Å². The van der Waals surface area contributed by atoms with Crippen LogP contribution in [0.25, 0.3) is 0 Å². The van der Waals surface area contributed by atoms with Gasteiger partial charge in [0.15, 0.2) is 5.82 Å². The third-order valence-corrected chi connectivity index (χ3v) is 7.24. The number of aromatic nitrogens is 2. The Balaban J connectivity index is 2.11. The fourth-order valence-corrected chi connectivity index (χ4v) is 5.01. The molecule has 1 unspecified atom stereocenters. The van der Waals surface area contributed by atoms with E-state index in [0.717, 1.165) is 25.7 Å². The van der Waals surface area contributed by atoms with Crippen molar-refractivity contribution in [2.45, 2.75) is 86.1 Å². The number of rotatable bonds is 6. The predicted molar refractivity (Wildman–Crippen MR) is 137 cm³/mol. The van der Waals surface area contributed by atoms with E-state index in [2.05, 4.69) is 28.9 Å². The maximum Gasteiger partial charge on any atom is 0.350 e. The highest BCUT2D eigenvalue weighted by Gasteiger charge is 2.37. The lowest BCUT2D eigenvalue weighted by Crippen LogP contribution is -2.40. The smallest absolute Gasteiger partial charge is 0.350 e. The number of ether oxygens (including phenoxy) is 1. The van der Waals surface area contributed by atoms with Gasteiger partial charge in [-0.05, 0) is 65.4 Å². The molecule has 2 aromatic rings. The van der Waals surface area contributed by atoms with Crippen molar-refractivity contribution < 1.29 is 18.8 Å². The van der Waals surface area contributed by atoms with Crippen molar-refractivity contribution in [2.24, 2.45) is 17.3 Å². The number of methoxy groups -OCH3 is 1. The van der Waals surface area contributed by atoms with Gasteiger partial charge in [0.2, 0.25) is 11.8 Å². The normalized spacial score (nSPS) is 19.1. The van der Waals surface area contributed by atoms with Crippen LogP contribution in [0.2, 0.25) is 0 Å². The summed E-state index contributed by atoms with van der Waals surface area (Å²) in [6.45, 7) is 14.1. The van der Waals surface area contributed by atoms with E-state index >= 15 is 0 Å². The van der Waals surface area contributed by atoms with Gasteiger partial charge >= 0.3 is 5.97 Å². The Bertz CT molecular complexity index is 1110. The van der Waals surface area contributed by atoms with Gasteiger partial charge in [-0.1, -0.05) is 37.8 Å². The summed E-state index contributed by atoms with van der Waals surface area (Å²) in [6, 6.07) is 1.26. The molecular formula is C27H37N3O4S. The Morgan fingerprint density at radius 3 is 2.40 bits per heavy atom. The van der Waals surface area contributed by atoms with Crippen molar-refractivity contribution in [1.29, 1.82) is 0 Å². The molecule has 190 valence electrons. The zero-order valence-corrected chi connectivity index (χ0v) is 22.9. The minimum atomic E-state index is -0.553. The van der Waals surface area contributed by atoms with Gasteiger partial charge in [0, 0.05) is 17.3 Å². The van der Waals surface area contributed by atoms with E-state index < -0.39 is 12.0 Å². The average molecular weight is 500 g/mol. The molecule has 2 aromatic heterocycles. The molecule has 0 saturated heterocycles. The summed E-state index contributed by atoms with van der Waals surface area (Å²) in [5.74, 6) is 7.36. The molecule has 0 aromatic carbocycles. The van der Waals surface area contributed by atoms with Crippen molar-refractivity contribution in [3.05, 3.63) is 27.5 Å². The first kappa shape index (κ1) is 26.9. The first-order valence-electron chi connectivity index (χ1n) is 12.3. The first-order valence-corrected chi connectivity index (χ1v) is 13.1. The summed E-state index contributed by atoms with van der Waals surface area (Å²) < 4.78 is 10.7. The van der Waals surface area contributed by atoms with E-state index in [1.165, 1.54) is 18.4 Å². The molecule has 7 nitrogen and oxygen atoms in total. The van der Waals surface area contributed by atoms with Gasteiger partial charge < -0.3 is 9.26 Å². The van der Waals surface area contributed by atoms with Crippen LogP contribution in [0.5, 0.6) is 0 Å². The summed E-state index contributed by atoms with van der Waals surface area (Å²) >= 11 is 1.24. The molecule has 0 radical (unpaired) electrons. The zero-order valence-electron chi connectivity index (χ0n) is 22.1.